The van der Waals surface area contributed by atoms with Gasteiger partial charge in [-0.05, 0) is 41.5 Å². The second kappa shape index (κ2) is 7.65. The highest BCUT2D eigenvalue weighted by Gasteiger charge is 2.22. The topological polar surface area (TPSA) is 35.2 Å². The smallest absolute Gasteiger partial charge is 0.361 e. The molecule has 0 aliphatic carbocycles. The molecule has 0 radical (unpaired) electrons. The van der Waals surface area contributed by atoms with E-state index in [2.05, 4.69) is 37.3 Å². The standard InChI is InChI=1S/C17H21BClNO/c1-3-14-5-4-6-15(12-14)18(21-10-9-20)16-7-8-17(19)13(2)11-16/h4-8,11-12H,3,9-10,20H2,1-2H3. The fourth-order valence-electron chi connectivity index (χ4n) is 2.38. The van der Waals surface area contributed by atoms with Gasteiger partial charge in [-0.15, -0.1) is 0 Å². The lowest BCUT2D eigenvalue weighted by atomic mass is 9.55. The van der Waals surface area contributed by atoms with Crippen molar-refractivity contribution in [3.05, 3.63) is 58.6 Å². The van der Waals surface area contributed by atoms with E-state index < -0.39 is 0 Å². The molecule has 0 saturated carbocycles. The first kappa shape index (κ1) is 16.1. The molecule has 2 N–H and O–H groups in total. The predicted molar refractivity (Wildman–Crippen MR) is 92.0 cm³/mol. The van der Waals surface area contributed by atoms with Crippen molar-refractivity contribution in [1.82, 2.24) is 0 Å². The third-order valence-corrected chi connectivity index (χ3v) is 3.97. The number of nitrogens with two attached hydrogens (primary N) is 1. The van der Waals surface area contributed by atoms with E-state index in [0.717, 1.165) is 27.9 Å². The van der Waals surface area contributed by atoms with E-state index in [1.54, 1.807) is 0 Å². The maximum absolute atomic E-state index is 6.12. The number of halogens is 1. The van der Waals surface area contributed by atoms with Gasteiger partial charge in [-0.3, -0.25) is 0 Å². The van der Waals surface area contributed by atoms with Gasteiger partial charge >= 0.3 is 6.92 Å². The van der Waals surface area contributed by atoms with E-state index in [1.165, 1.54) is 5.56 Å². The molecule has 2 aromatic rings. The Morgan fingerprint density at radius 1 is 1.14 bits per heavy atom. The highest BCUT2D eigenvalue weighted by Crippen LogP contribution is 2.12. The minimum absolute atomic E-state index is 0.101. The monoisotopic (exact) mass is 301 g/mol. The summed E-state index contributed by atoms with van der Waals surface area (Å²) in [6.07, 6.45) is 1.01. The Labute approximate surface area is 132 Å². The summed E-state index contributed by atoms with van der Waals surface area (Å²) in [7, 11) is 0. The highest BCUT2D eigenvalue weighted by atomic mass is 35.5. The van der Waals surface area contributed by atoms with Gasteiger partial charge in [0.2, 0.25) is 0 Å². The molecule has 0 atom stereocenters. The van der Waals surface area contributed by atoms with Gasteiger partial charge in [-0.25, -0.2) is 0 Å². The van der Waals surface area contributed by atoms with Crippen molar-refractivity contribution in [3.8, 4) is 0 Å². The number of hydrogen-bond acceptors (Lipinski definition) is 2. The molecule has 2 aromatic carbocycles. The van der Waals surface area contributed by atoms with Crippen LogP contribution in [0.1, 0.15) is 18.1 Å². The summed E-state index contributed by atoms with van der Waals surface area (Å²) in [4.78, 5) is 0. The molecule has 0 aromatic heterocycles. The van der Waals surface area contributed by atoms with Crippen LogP contribution in [-0.2, 0) is 11.1 Å². The summed E-state index contributed by atoms with van der Waals surface area (Å²) in [6, 6.07) is 14.5. The van der Waals surface area contributed by atoms with Gasteiger partial charge in [-0.2, -0.15) is 0 Å². The molecule has 0 spiro atoms. The number of aryl methyl sites for hydroxylation is 2. The summed E-state index contributed by atoms with van der Waals surface area (Å²) >= 11 is 6.12. The van der Waals surface area contributed by atoms with Crippen LogP contribution in [0.15, 0.2) is 42.5 Å². The summed E-state index contributed by atoms with van der Waals surface area (Å²) in [6.45, 7) is 5.10. The molecule has 2 rings (SSSR count). The zero-order valence-corrected chi connectivity index (χ0v) is 13.4. The number of benzene rings is 2. The van der Waals surface area contributed by atoms with Crippen molar-refractivity contribution in [2.75, 3.05) is 13.2 Å². The van der Waals surface area contributed by atoms with Crippen molar-refractivity contribution in [3.63, 3.8) is 0 Å². The van der Waals surface area contributed by atoms with Crippen molar-refractivity contribution in [1.29, 1.82) is 0 Å². The van der Waals surface area contributed by atoms with Gasteiger partial charge in [0, 0.05) is 18.2 Å². The molecule has 0 aliphatic rings. The quantitative estimate of drug-likeness (QED) is 0.831. The van der Waals surface area contributed by atoms with Crippen molar-refractivity contribution < 1.29 is 4.65 Å². The lowest BCUT2D eigenvalue weighted by Crippen LogP contribution is -2.46. The lowest BCUT2D eigenvalue weighted by Gasteiger charge is -2.16. The maximum atomic E-state index is 6.12. The van der Waals surface area contributed by atoms with E-state index in [9.17, 15) is 0 Å². The molecule has 0 bridgehead atoms. The van der Waals surface area contributed by atoms with Gasteiger partial charge in [-0.1, -0.05) is 54.9 Å². The van der Waals surface area contributed by atoms with E-state index >= 15 is 0 Å². The SMILES string of the molecule is CCc1cccc(B(OCCN)c2ccc(Cl)c(C)c2)c1. The molecule has 0 fully saturated rings. The third kappa shape index (κ3) is 4.10. The zero-order chi connectivity index (χ0) is 15.2. The Hall–Kier alpha value is -1.29. The van der Waals surface area contributed by atoms with Crippen LogP contribution >= 0.6 is 11.6 Å². The van der Waals surface area contributed by atoms with E-state index in [-0.39, 0.29) is 6.92 Å². The molecule has 2 nitrogen and oxygen atoms in total. The van der Waals surface area contributed by atoms with Crippen LogP contribution in [0.25, 0.3) is 0 Å². The molecule has 21 heavy (non-hydrogen) atoms. The maximum Gasteiger partial charge on any atom is 0.361 e. The normalized spacial score (nSPS) is 10.7. The third-order valence-electron chi connectivity index (χ3n) is 3.55. The fourth-order valence-corrected chi connectivity index (χ4v) is 2.50. The molecule has 0 saturated heterocycles. The van der Waals surface area contributed by atoms with Crippen LogP contribution in [-0.4, -0.2) is 20.1 Å². The van der Waals surface area contributed by atoms with Crippen LogP contribution in [0, 0.1) is 6.92 Å². The first-order valence-electron chi connectivity index (χ1n) is 7.32. The summed E-state index contributed by atoms with van der Waals surface area (Å²) in [5, 5.41) is 0.777. The number of hydrogen-bond donors (Lipinski definition) is 1. The second-order valence-electron chi connectivity index (χ2n) is 5.15. The average Bonchev–Trinajstić information content (AvgIpc) is 2.51. The Morgan fingerprint density at radius 2 is 1.90 bits per heavy atom. The Balaban J connectivity index is 2.38. The van der Waals surface area contributed by atoms with E-state index in [1.807, 2.05) is 19.1 Å². The van der Waals surface area contributed by atoms with Crippen LogP contribution in [0.5, 0.6) is 0 Å². The Morgan fingerprint density at radius 3 is 2.57 bits per heavy atom. The van der Waals surface area contributed by atoms with Crippen LogP contribution in [0.4, 0.5) is 0 Å². The first-order valence-corrected chi connectivity index (χ1v) is 7.70. The molecular weight excluding hydrogens is 280 g/mol. The molecular formula is C17H21BClNO. The molecule has 0 amide bonds. The second-order valence-corrected chi connectivity index (χ2v) is 5.55. The molecule has 0 aliphatic heterocycles. The lowest BCUT2D eigenvalue weighted by molar-refractivity contribution is 0.344. The zero-order valence-electron chi connectivity index (χ0n) is 12.6. The molecule has 0 unspecified atom stereocenters. The van der Waals surface area contributed by atoms with Crippen molar-refractivity contribution in [2.45, 2.75) is 20.3 Å². The Kier molecular flexibility index (Phi) is 5.86. The number of rotatable bonds is 6. The summed E-state index contributed by atoms with van der Waals surface area (Å²) in [5.74, 6) is 0. The minimum Gasteiger partial charge on any atom is -0.426 e. The Bertz CT molecular complexity index is 603. The fraction of sp³-hybridized carbons (Fsp3) is 0.294. The highest BCUT2D eigenvalue weighted by molar-refractivity contribution is 6.80. The van der Waals surface area contributed by atoms with Gasteiger partial charge in [0.1, 0.15) is 0 Å². The van der Waals surface area contributed by atoms with Crippen LogP contribution in [0.3, 0.4) is 0 Å². The molecule has 110 valence electrons. The van der Waals surface area contributed by atoms with Gasteiger partial charge < -0.3 is 10.4 Å². The largest absolute Gasteiger partial charge is 0.426 e. The van der Waals surface area contributed by atoms with Crippen molar-refractivity contribution >= 4 is 29.4 Å². The minimum atomic E-state index is -0.101. The average molecular weight is 302 g/mol. The van der Waals surface area contributed by atoms with Gasteiger partial charge in [0.05, 0.1) is 0 Å². The van der Waals surface area contributed by atoms with E-state index in [4.69, 9.17) is 22.0 Å². The van der Waals surface area contributed by atoms with Gasteiger partial charge in [0.15, 0.2) is 0 Å². The molecule has 0 heterocycles. The van der Waals surface area contributed by atoms with Crippen molar-refractivity contribution in [2.24, 2.45) is 5.73 Å². The molecule has 4 heteroatoms. The summed E-state index contributed by atoms with van der Waals surface area (Å²) < 4.78 is 5.99. The summed E-state index contributed by atoms with van der Waals surface area (Å²) in [5.41, 5.74) is 10.2. The van der Waals surface area contributed by atoms with Gasteiger partial charge in [0.25, 0.3) is 0 Å². The first-order chi connectivity index (χ1) is 10.2. The predicted octanol–water partition coefficient (Wildman–Crippen LogP) is 2.29. The van der Waals surface area contributed by atoms with Crippen LogP contribution < -0.4 is 16.7 Å². The van der Waals surface area contributed by atoms with E-state index in [0.29, 0.717) is 13.2 Å². The van der Waals surface area contributed by atoms with Crippen LogP contribution in [0.2, 0.25) is 5.02 Å².